The summed E-state index contributed by atoms with van der Waals surface area (Å²) < 4.78 is 0. The first-order valence-electron chi connectivity index (χ1n) is 4.84. The summed E-state index contributed by atoms with van der Waals surface area (Å²) in [6, 6.07) is 0.718. The molecule has 0 aromatic carbocycles. The fourth-order valence-electron chi connectivity index (χ4n) is 1.64. The number of rotatable bonds is 4. The van der Waals surface area contributed by atoms with E-state index in [0.717, 1.165) is 19.3 Å². The third kappa shape index (κ3) is 2.73. The van der Waals surface area contributed by atoms with Crippen LogP contribution in [0.4, 0.5) is 0 Å². The molecule has 1 heterocycles. The van der Waals surface area contributed by atoms with Crippen LogP contribution in [-0.4, -0.2) is 56.2 Å². The van der Waals surface area contributed by atoms with Gasteiger partial charge in [0.1, 0.15) is 0 Å². The van der Waals surface area contributed by atoms with Crippen LogP contribution in [0.2, 0.25) is 0 Å². The maximum absolute atomic E-state index is 3.32. The lowest BCUT2D eigenvalue weighted by atomic mass is 10.3. The Kier molecular flexibility index (Phi) is 3.98. The largest absolute Gasteiger partial charge is 0.316 e. The molecule has 0 radical (unpaired) electrons. The van der Waals surface area contributed by atoms with Crippen LogP contribution >= 0.6 is 0 Å². The first-order valence-corrected chi connectivity index (χ1v) is 4.84. The number of nitrogens with zero attached hydrogens (tertiary/aromatic N) is 2. The molecule has 0 amide bonds. The Hall–Kier alpha value is -0.120. The Morgan fingerprint density at radius 1 is 1.58 bits per heavy atom. The second kappa shape index (κ2) is 4.80. The average molecular weight is 171 g/mol. The van der Waals surface area contributed by atoms with Crippen LogP contribution in [0.15, 0.2) is 0 Å². The number of hydrogen-bond acceptors (Lipinski definition) is 3. The van der Waals surface area contributed by atoms with Crippen LogP contribution in [-0.2, 0) is 0 Å². The zero-order chi connectivity index (χ0) is 8.97. The van der Waals surface area contributed by atoms with Crippen molar-refractivity contribution in [3.05, 3.63) is 0 Å². The Morgan fingerprint density at radius 3 is 2.83 bits per heavy atom. The van der Waals surface area contributed by atoms with E-state index in [1.165, 1.54) is 19.5 Å². The summed E-state index contributed by atoms with van der Waals surface area (Å²) >= 11 is 0. The highest BCUT2D eigenvalue weighted by molar-refractivity contribution is 4.78. The lowest BCUT2D eigenvalue weighted by Gasteiger charge is -2.22. The van der Waals surface area contributed by atoms with Crippen molar-refractivity contribution in [2.45, 2.75) is 19.4 Å². The standard InChI is InChI=1S/C9H21N3/c1-4-11(3)8-12-6-5-9(7-12)10-2/h9-10H,4-8H2,1-3H3. The highest BCUT2D eigenvalue weighted by Crippen LogP contribution is 2.08. The van der Waals surface area contributed by atoms with Crippen LogP contribution in [0.25, 0.3) is 0 Å². The van der Waals surface area contributed by atoms with Gasteiger partial charge in [0.25, 0.3) is 0 Å². The molecule has 1 rings (SSSR count). The topological polar surface area (TPSA) is 18.5 Å². The summed E-state index contributed by atoms with van der Waals surface area (Å²) in [6.45, 7) is 6.91. The van der Waals surface area contributed by atoms with Crippen molar-refractivity contribution in [1.82, 2.24) is 15.1 Å². The first kappa shape index (κ1) is 9.96. The van der Waals surface area contributed by atoms with Crippen LogP contribution in [0.5, 0.6) is 0 Å². The van der Waals surface area contributed by atoms with Gasteiger partial charge >= 0.3 is 0 Å². The highest BCUT2D eigenvalue weighted by atomic mass is 15.3. The van der Waals surface area contributed by atoms with Crippen LogP contribution in [0.1, 0.15) is 13.3 Å². The van der Waals surface area contributed by atoms with Crippen LogP contribution in [0.3, 0.4) is 0 Å². The van der Waals surface area contributed by atoms with Crippen molar-refractivity contribution in [2.75, 3.05) is 40.4 Å². The fourth-order valence-corrected chi connectivity index (χ4v) is 1.64. The number of hydrogen-bond donors (Lipinski definition) is 1. The molecule has 3 heteroatoms. The van der Waals surface area contributed by atoms with Crippen molar-refractivity contribution >= 4 is 0 Å². The molecule has 1 atom stereocenters. The summed E-state index contributed by atoms with van der Waals surface area (Å²) in [5, 5.41) is 3.32. The summed E-state index contributed by atoms with van der Waals surface area (Å²) in [5.41, 5.74) is 0. The Balaban J connectivity index is 2.18. The molecule has 0 aliphatic carbocycles. The molecule has 1 aliphatic heterocycles. The SMILES string of the molecule is CCN(C)CN1CCC(NC)C1. The van der Waals surface area contributed by atoms with Gasteiger partial charge in [0.05, 0.1) is 6.67 Å². The normalized spacial score (nSPS) is 25.5. The molecule has 3 nitrogen and oxygen atoms in total. The predicted molar refractivity (Wildman–Crippen MR) is 52.2 cm³/mol. The van der Waals surface area contributed by atoms with Crippen molar-refractivity contribution in [3.63, 3.8) is 0 Å². The predicted octanol–water partition coefficient (Wildman–Crippen LogP) is 0.189. The number of likely N-dealkylation sites (N-methyl/N-ethyl adjacent to an activating group) is 1. The summed E-state index contributed by atoms with van der Waals surface area (Å²) in [5.74, 6) is 0. The van der Waals surface area contributed by atoms with E-state index < -0.39 is 0 Å². The first-order chi connectivity index (χ1) is 5.76. The third-order valence-electron chi connectivity index (χ3n) is 2.66. The summed E-state index contributed by atoms with van der Waals surface area (Å²) in [4.78, 5) is 4.85. The smallest absolute Gasteiger partial charge is 0.0503 e. The molecule has 1 aliphatic rings. The fraction of sp³-hybridized carbons (Fsp3) is 1.00. The van der Waals surface area contributed by atoms with Crippen molar-refractivity contribution in [3.8, 4) is 0 Å². The number of nitrogens with one attached hydrogen (secondary N) is 1. The Labute approximate surface area is 75.7 Å². The lowest BCUT2D eigenvalue weighted by Crippen LogP contribution is -2.36. The van der Waals surface area contributed by atoms with Gasteiger partial charge in [-0.1, -0.05) is 6.92 Å². The van der Waals surface area contributed by atoms with Gasteiger partial charge in [0.15, 0.2) is 0 Å². The van der Waals surface area contributed by atoms with E-state index in [-0.39, 0.29) is 0 Å². The lowest BCUT2D eigenvalue weighted by molar-refractivity contribution is 0.186. The molecular formula is C9H21N3. The molecule has 0 bridgehead atoms. The average Bonchev–Trinajstić information content (AvgIpc) is 2.52. The van der Waals surface area contributed by atoms with Gasteiger partial charge in [0, 0.05) is 19.1 Å². The van der Waals surface area contributed by atoms with Gasteiger partial charge < -0.3 is 5.32 Å². The zero-order valence-corrected chi connectivity index (χ0v) is 8.51. The van der Waals surface area contributed by atoms with E-state index >= 15 is 0 Å². The van der Waals surface area contributed by atoms with E-state index in [4.69, 9.17) is 0 Å². The molecule has 0 aromatic heterocycles. The monoisotopic (exact) mass is 171 g/mol. The van der Waals surface area contributed by atoms with Gasteiger partial charge in [-0.3, -0.25) is 9.80 Å². The zero-order valence-electron chi connectivity index (χ0n) is 8.51. The van der Waals surface area contributed by atoms with Gasteiger partial charge in [-0.25, -0.2) is 0 Å². The molecule has 1 saturated heterocycles. The van der Waals surface area contributed by atoms with Gasteiger partial charge in [-0.2, -0.15) is 0 Å². The molecule has 0 saturated carbocycles. The second-order valence-electron chi connectivity index (χ2n) is 3.66. The minimum Gasteiger partial charge on any atom is -0.316 e. The molecule has 1 fully saturated rings. The second-order valence-corrected chi connectivity index (χ2v) is 3.66. The van der Waals surface area contributed by atoms with Crippen molar-refractivity contribution < 1.29 is 0 Å². The molecule has 12 heavy (non-hydrogen) atoms. The molecule has 0 aromatic rings. The molecule has 1 unspecified atom stereocenters. The van der Waals surface area contributed by atoms with E-state index in [0.29, 0.717) is 0 Å². The minimum atomic E-state index is 0.718. The van der Waals surface area contributed by atoms with Crippen molar-refractivity contribution in [2.24, 2.45) is 0 Å². The van der Waals surface area contributed by atoms with Gasteiger partial charge in [-0.15, -0.1) is 0 Å². The quantitative estimate of drug-likeness (QED) is 0.651. The minimum absolute atomic E-state index is 0.718. The van der Waals surface area contributed by atoms with Gasteiger partial charge in [-0.05, 0) is 27.1 Å². The van der Waals surface area contributed by atoms with Gasteiger partial charge in [0.2, 0.25) is 0 Å². The van der Waals surface area contributed by atoms with E-state index in [2.05, 4.69) is 36.1 Å². The van der Waals surface area contributed by atoms with Crippen molar-refractivity contribution in [1.29, 1.82) is 0 Å². The molecule has 1 N–H and O–H groups in total. The molecule has 0 spiro atoms. The van der Waals surface area contributed by atoms with E-state index in [1.807, 2.05) is 0 Å². The molecule has 72 valence electrons. The van der Waals surface area contributed by atoms with Crippen LogP contribution in [0, 0.1) is 0 Å². The third-order valence-corrected chi connectivity index (χ3v) is 2.66. The van der Waals surface area contributed by atoms with E-state index in [9.17, 15) is 0 Å². The summed E-state index contributed by atoms with van der Waals surface area (Å²) in [6.07, 6.45) is 1.30. The Bertz CT molecular complexity index is 127. The van der Waals surface area contributed by atoms with Crippen LogP contribution < -0.4 is 5.32 Å². The van der Waals surface area contributed by atoms with E-state index in [1.54, 1.807) is 0 Å². The number of likely N-dealkylation sites (tertiary alicyclic amines) is 1. The maximum Gasteiger partial charge on any atom is 0.0503 e. The Morgan fingerprint density at radius 2 is 2.33 bits per heavy atom. The molecular weight excluding hydrogens is 150 g/mol. The summed E-state index contributed by atoms with van der Waals surface area (Å²) in [7, 11) is 4.23. The highest BCUT2D eigenvalue weighted by Gasteiger charge is 2.20. The maximum atomic E-state index is 3.32.